The first-order valence-electron chi connectivity index (χ1n) is 7.15. The summed E-state index contributed by atoms with van der Waals surface area (Å²) in [5, 5.41) is 6.35. The third kappa shape index (κ3) is 2.96. The maximum absolute atomic E-state index is 5.40. The van der Waals surface area contributed by atoms with Gasteiger partial charge in [0.05, 0.1) is 0 Å². The monoisotopic (exact) mass is 255 g/mol. The number of rotatable bonds is 3. The van der Waals surface area contributed by atoms with E-state index in [1.807, 2.05) is 0 Å². The van der Waals surface area contributed by atoms with Crippen LogP contribution in [0, 0.1) is 0 Å². The number of fused-ring (bicyclic) bond motifs is 1. The first-order chi connectivity index (χ1) is 9.33. The van der Waals surface area contributed by atoms with Gasteiger partial charge >= 0.3 is 0 Å². The lowest BCUT2D eigenvalue weighted by Gasteiger charge is -2.27. The number of benzene rings is 2. The lowest BCUT2D eigenvalue weighted by Crippen LogP contribution is -2.36. The number of nitrogens with one attached hydrogen (secondary N) is 1. The zero-order valence-electron chi connectivity index (χ0n) is 11.4. The van der Waals surface area contributed by atoms with Gasteiger partial charge < -0.3 is 10.1 Å². The van der Waals surface area contributed by atoms with Crippen molar-refractivity contribution < 1.29 is 4.74 Å². The van der Waals surface area contributed by atoms with Crippen LogP contribution >= 0.6 is 0 Å². The highest BCUT2D eigenvalue weighted by Crippen LogP contribution is 2.21. The van der Waals surface area contributed by atoms with Gasteiger partial charge in [-0.25, -0.2) is 0 Å². The summed E-state index contributed by atoms with van der Waals surface area (Å²) in [6.45, 7) is 4.03. The van der Waals surface area contributed by atoms with E-state index in [0.717, 1.165) is 26.1 Å². The van der Waals surface area contributed by atoms with E-state index in [1.54, 1.807) is 0 Å². The molecule has 2 heteroatoms. The van der Waals surface area contributed by atoms with Gasteiger partial charge in [0.15, 0.2) is 0 Å². The van der Waals surface area contributed by atoms with E-state index >= 15 is 0 Å². The van der Waals surface area contributed by atoms with Crippen LogP contribution in [0.1, 0.15) is 31.4 Å². The zero-order chi connectivity index (χ0) is 13.1. The van der Waals surface area contributed by atoms with Crippen LogP contribution in [0.2, 0.25) is 0 Å². The summed E-state index contributed by atoms with van der Waals surface area (Å²) in [4.78, 5) is 0. The van der Waals surface area contributed by atoms with Crippen LogP contribution in [0.5, 0.6) is 0 Å². The Balaban J connectivity index is 1.75. The second-order valence-corrected chi connectivity index (χ2v) is 5.38. The fourth-order valence-corrected chi connectivity index (χ4v) is 2.79. The van der Waals surface area contributed by atoms with Gasteiger partial charge in [-0.1, -0.05) is 36.4 Å². The topological polar surface area (TPSA) is 21.3 Å². The van der Waals surface area contributed by atoms with Gasteiger partial charge in [-0.3, -0.25) is 0 Å². The number of ether oxygens (including phenoxy) is 1. The molecular weight excluding hydrogens is 234 g/mol. The Bertz CT molecular complexity index is 546. The Morgan fingerprint density at radius 1 is 1.05 bits per heavy atom. The van der Waals surface area contributed by atoms with Gasteiger partial charge in [-0.05, 0) is 42.2 Å². The first kappa shape index (κ1) is 12.6. The second kappa shape index (κ2) is 5.72. The lowest BCUT2D eigenvalue weighted by molar-refractivity contribution is 0.0754. The Morgan fingerprint density at radius 2 is 1.79 bits per heavy atom. The van der Waals surface area contributed by atoms with E-state index in [9.17, 15) is 0 Å². The molecule has 0 aliphatic carbocycles. The molecular formula is C17H21NO. The molecule has 0 aromatic heterocycles. The molecule has 19 heavy (non-hydrogen) atoms. The molecule has 1 N–H and O–H groups in total. The van der Waals surface area contributed by atoms with Gasteiger partial charge in [0.25, 0.3) is 0 Å². The van der Waals surface area contributed by atoms with Crippen LogP contribution < -0.4 is 5.32 Å². The minimum atomic E-state index is 0.396. The Kier molecular flexibility index (Phi) is 3.81. The average Bonchev–Trinajstić information content (AvgIpc) is 2.48. The van der Waals surface area contributed by atoms with Crippen molar-refractivity contribution >= 4 is 10.8 Å². The smallest absolute Gasteiger partial charge is 0.0480 e. The summed E-state index contributed by atoms with van der Waals surface area (Å²) >= 11 is 0. The molecule has 1 atom stereocenters. The van der Waals surface area contributed by atoms with Crippen LogP contribution in [0.15, 0.2) is 42.5 Å². The van der Waals surface area contributed by atoms with E-state index in [4.69, 9.17) is 4.74 Å². The van der Waals surface area contributed by atoms with Crippen molar-refractivity contribution in [2.75, 3.05) is 13.2 Å². The van der Waals surface area contributed by atoms with E-state index in [1.165, 1.54) is 16.3 Å². The van der Waals surface area contributed by atoms with Crippen LogP contribution in [-0.2, 0) is 4.74 Å². The molecule has 1 fully saturated rings. The predicted molar refractivity (Wildman–Crippen MR) is 79.3 cm³/mol. The molecule has 1 heterocycles. The van der Waals surface area contributed by atoms with Crippen molar-refractivity contribution in [3.63, 3.8) is 0 Å². The zero-order valence-corrected chi connectivity index (χ0v) is 11.4. The highest BCUT2D eigenvalue weighted by Gasteiger charge is 2.16. The maximum Gasteiger partial charge on any atom is 0.0480 e. The molecule has 1 unspecified atom stereocenters. The minimum Gasteiger partial charge on any atom is -0.381 e. The molecule has 0 amide bonds. The van der Waals surface area contributed by atoms with E-state index in [0.29, 0.717) is 12.1 Å². The summed E-state index contributed by atoms with van der Waals surface area (Å²) in [5.41, 5.74) is 1.37. The fourth-order valence-electron chi connectivity index (χ4n) is 2.79. The summed E-state index contributed by atoms with van der Waals surface area (Å²) in [7, 11) is 0. The predicted octanol–water partition coefficient (Wildman–Crippen LogP) is 3.67. The van der Waals surface area contributed by atoms with Gasteiger partial charge in [-0.15, -0.1) is 0 Å². The lowest BCUT2D eigenvalue weighted by atomic mass is 10.0. The molecule has 3 rings (SSSR count). The van der Waals surface area contributed by atoms with Crippen LogP contribution in [-0.4, -0.2) is 19.3 Å². The largest absolute Gasteiger partial charge is 0.381 e. The number of hydrogen-bond donors (Lipinski definition) is 1. The van der Waals surface area contributed by atoms with E-state index < -0.39 is 0 Å². The molecule has 2 aromatic rings. The third-order valence-electron chi connectivity index (χ3n) is 3.98. The molecule has 1 saturated heterocycles. The summed E-state index contributed by atoms with van der Waals surface area (Å²) in [6.07, 6.45) is 2.25. The summed E-state index contributed by atoms with van der Waals surface area (Å²) < 4.78 is 5.40. The van der Waals surface area contributed by atoms with Crippen molar-refractivity contribution in [2.45, 2.75) is 31.8 Å². The SMILES string of the molecule is CC(NC1CCOCC1)c1ccc2ccccc2c1. The molecule has 0 saturated carbocycles. The first-order valence-corrected chi connectivity index (χ1v) is 7.15. The van der Waals surface area contributed by atoms with Crippen LogP contribution in [0.4, 0.5) is 0 Å². The van der Waals surface area contributed by atoms with E-state index in [-0.39, 0.29) is 0 Å². The van der Waals surface area contributed by atoms with Crippen molar-refractivity contribution in [3.05, 3.63) is 48.0 Å². The Hall–Kier alpha value is -1.38. The second-order valence-electron chi connectivity index (χ2n) is 5.38. The summed E-state index contributed by atoms with van der Waals surface area (Å²) in [5.74, 6) is 0. The molecule has 0 spiro atoms. The maximum atomic E-state index is 5.40. The van der Waals surface area contributed by atoms with E-state index in [2.05, 4.69) is 54.7 Å². The quantitative estimate of drug-likeness (QED) is 0.903. The average molecular weight is 255 g/mol. The van der Waals surface area contributed by atoms with Gasteiger partial charge in [-0.2, -0.15) is 0 Å². The molecule has 2 nitrogen and oxygen atoms in total. The Labute approximate surface area is 114 Å². The van der Waals surface area contributed by atoms with Crippen molar-refractivity contribution in [2.24, 2.45) is 0 Å². The molecule has 0 bridgehead atoms. The molecule has 1 aliphatic rings. The summed E-state index contributed by atoms with van der Waals surface area (Å²) in [6, 6.07) is 16.3. The fraction of sp³-hybridized carbons (Fsp3) is 0.412. The highest BCUT2D eigenvalue weighted by molar-refractivity contribution is 5.83. The van der Waals surface area contributed by atoms with Gasteiger partial charge in [0, 0.05) is 25.3 Å². The van der Waals surface area contributed by atoms with Crippen LogP contribution in [0.3, 0.4) is 0 Å². The van der Waals surface area contributed by atoms with Crippen molar-refractivity contribution in [3.8, 4) is 0 Å². The minimum absolute atomic E-state index is 0.396. The van der Waals surface area contributed by atoms with Crippen molar-refractivity contribution in [1.29, 1.82) is 0 Å². The van der Waals surface area contributed by atoms with Crippen molar-refractivity contribution in [1.82, 2.24) is 5.32 Å². The van der Waals surface area contributed by atoms with Gasteiger partial charge in [0.1, 0.15) is 0 Å². The normalized spacial score (nSPS) is 18.6. The Morgan fingerprint density at radius 3 is 2.58 bits per heavy atom. The van der Waals surface area contributed by atoms with Gasteiger partial charge in [0.2, 0.25) is 0 Å². The standard InChI is InChI=1S/C17H21NO/c1-13(18-17-8-10-19-11-9-17)15-7-6-14-4-2-3-5-16(14)12-15/h2-7,12-13,17-18H,8-11H2,1H3. The highest BCUT2D eigenvalue weighted by atomic mass is 16.5. The third-order valence-corrected chi connectivity index (χ3v) is 3.98. The molecule has 100 valence electrons. The van der Waals surface area contributed by atoms with Crippen LogP contribution in [0.25, 0.3) is 10.8 Å². The molecule has 1 aliphatic heterocycles. The molecule has 2 aromatic carbocycles. The number of hydrogen-bond acceptors (Lipinski definition) is 2. The molecule has 0 radical (unpaired) electrons.